The summed E-state index contributed by atoms with van der Waals surface area (Å²) < 4.78 is 0. The zero-order chi connectivity index (χ0) is 21.4. The van der Waals surface area contributed by atoms with Crippen LogP contribution in [0.5, 0.6) is 0 Å². The Kier molecular flexibility index (Phi) is 9.07. The molecule has 0 atom stereocenters. The first-order valence-electron chi connectivity index (χ1n) is 8.29. The first kappa shape index (κ1) is 23.6. The number of benzene rings is 1. The van der Waals surface area contributed by atoms with Gasteiger partial charge >= 0.3 is 12.1 Å². The van der Waals surface area contributed by atoms with E-state index < -0.39 is 12.1 Å². The van der Waals surface area contributed by atoms with Crippen molar-refractivity contribution in [1.82, 2.24) is 10.0 Å². The Bertz CT molecular complexity index is 682. The van der Waals surface area contributed by atoms with Crippen molar-refractivity contribution in [3.05, 3.63) is 32.1 Å². The van der Waals surface area contributed by atoms with E-state index in [9.17, 15) is 19.4 Å². The quantitative estimate of drug-likeness (QED) is 0.358. The van der Waals surface area contributed by atoms with Crippen molar-refractivity contribution in [2.75, 3.05) is 35.5 Å². The van der Waals surface area contributed by atoms with Gasteiger partial charge in [0, 0.05) is 23.1 Å². The molecule has 12 heteroatoms. The van der Waals surface area contributed by atoms with E-state index in [-0.39, 0.29) is 24.8 Å². The second-order valence-electron chi connectivity index (χ2n) is 5.90. The number of hydrogen-bond donors (Lipinski definition) is 2. The van der Waals surface area contributed by atoms with Crippen LogP contribution in [0.1, 0.15) is 22.3 Å². The molecule has 28 heavy (non-hydrogen) atoms. The molecule has 4 amide bonds. The van der Waals surface area contributed by atoms with Gasteiger partial charge in [0.15, 0.2) is 0 Å². The number of nitrogens with zero attached hydrogens (tertiary/aromatic N) is 4. The van der Waals surface area contributed by atoms with Gasteiger partial charge in [0.05, 0.1) is 23.7 Å². The summed E-state index contributed by atoms with van der Waals surface area (Å²) in [4.78, 5) is 46.1. The Morgan fingerprint density at radius 2 is 1.04 bits per heavy atom. The van der Waals surface area contributed by atoms with Gasteiger partial charge in [-0.3, -0.25) is 0 Å². The van der Waals surface area contributed by atoms with Crippen LogP contribution in [-0.4, -0.2) is 46.9 Å². The molecule has 1 aromatic rings. The average Bonchev–Trinajstić information content (AvgIpc) is 2.68. The van der Waals surface area contributed by atoms with E-state index in [1.54, 1.807) is 27.7 Å². The minimum absolute atomic E-state index is 0.0316. The van der Waals surface area contributed by atoms with Gasteiger partial charge < -0.3 is 10.6 Å². The standard InChI is InChI=1S/C16H22Cl2N6O4/c1-9-10(2)14(20-16(26)24(22-28)8-6-18)12(4)11(3)13(9)19-15(25)23(21-27)7-5-17/h5-8H2,1-4H3,(H,19,25)(H,20,26). The number of alkyl halides is 2. The van der Waals surface area contributed by atoms with Crippen molar-refractivity contribution >= 4 is 46.6 Å². The van der Waals surface area contributed by atoms with Gasteiger partial charge in [-0.25, -0.2) is 9.59 Å². The molecule has 0 saturated heterocycles. The number of carbonyl (C=O) groups excluding carboxylic acids is 2. The summed E-state index contributed by atoms with van der Waals surface area (Å²) in [5.74, 6) is 0.118. The molecular weight excluding hydrogens is 411 g/mol. The predicted octanol–water partition coefficient (Wildman–Crippen LogP) is 4.43. The van der Waals surface area contributed by atoms with Gasteiger partial charge in [0.2, 0.25) is 0 Å². The van der Waals surface area contributed by atoms with Crippen LogP contribution in [-0.2, 0) is 0 Å². The lowest BCUT2D eigenvalue weighted by molar-refractivity contribution is 0.215. The van der Waals surface area contributed by atoms with Gasteiger partial charge in [0.25, 0.3) is 0 Å². The molecule has 0 spiro atoms. The van der Waals surface area contributed by atoms with E-state index in [2.05, 4.69) is 21.2 Å². The van der Waals surface area contributed by atoms with Crippen molar-refractivity contribution in [2.45, 2.75) is 27.7 Å². The Morgan fingerprint density at radius 3 is 1.25 bits per heavy atom. The second kappa shape index (κ2) is 10.8. The molecule has 0 aliphatic heterocycles. The van der Waals surface area contributed by atoms with Crippen molar-refractivity contribution in [3.63, 3.8) is 0 Å². The van der Waals surface area contributed by atoms with Gasteiger partial charge in [0.1, 0.15) is 0 Å². The number of hydrogen-bond acceptors (Lipinski definition) is 6. The van der Waals surface area contributed by atoms with Crippen molar-refractivity contribution < 1.29 is 9.59 Å². The summed E-state index contributed by atoms with van der Waals surface area (Å²) in [6, 6.07) is -1.42. The molecule has 0 unspecified atom stereocenters. The summed E-state index contributed by atoms with van der Waals surface area (Å²) in [7, 11) is 0. The van der Waals surface area contributed by atoms with Gasteiger partial charge in [-0.2, -0.15) is 10.0 Å². The molecule has 0 aromatic heterocycles. The Labute approximate surface area is 172 Å². The highest BCUT2D eigenvalue weighted by molar-refractivity contribution is 6.18. The Morgan fingerprint density at radius 1 is 0.750 bits per heavy atom. The summed E-state index contributed by atoms with van der Waals surface area (Å²) in [5.41, 5.74) is 3.68. The number of halogens is 2. The highest BCUT2D eigenvalue weighted by Gasteiger charge is 2.22. The lowest BCUT2D eigenvalue weighted by Crippen LogP contribution is -2.33. The van der Waals surface area contributed by atoms with Gasteiger partial charge in [-0.15, -0.1) is 33.0 Å². The number of urea groups is 2. The molecule has 0 fully saturated rings. The van der Waals surface area contributed by atoms with Crippen LogP contribution in [0.4, 0.5) is 21.0 Å². The topological polar surface area (TPSA) is 124 Å². The Balaban J connectivity index is 3.24. The van der Waals surface area contributed by atoms with Crippen molar-refractivity contribution in [3.8, 4) is 0 Å². The molecule has 0 radical (unpaired) electrons. The van der Waals surface area contributed by atoms with E-state index in [0.717, 1.165) is 0 Å². The van der Waals surface area contributed by atoms with E-state index >= 15 is 0 Å². The van der Waals surface area contributed by atoms with Crippen molar-refractivity contribution in [2.24, 2.45) is 10.6 Å². The lowest BCUT2D eigenvalue weighted by Gasteiger charge is -2.23. The summed E-state index contributed by atoms with van der Waals surface area (Å²) in [5, 5.41) is 12.0. The highest BCUT2D eigenvalue weighted by atomic mass is 35.5. The number of rotatable bonds is 8. The van der Waals surface area contributed by atoms with Crippen LogP contribution in [0.2, 0.25) is 0 Å². The maximum Gasteiger partial charge on any atom is 0.344 e. The molecule has 154 valence electrons. The molecule has 0 aliphatic carbocycles. The normalized spacial score (nSPS) is 10.2. The number of nitroso groups, excluding NO2 is 2. The van der Waals surface area contributed by atoms with Crippen LogP contribution < -0.4 is 10.6 Å². The van der Waals surface area contributed by atoms with E-state index in [1.165, 1.54) is 0 Å². The van der Waals surface area contributed by atoms with Crippen LogP contribution in [0.25, 0.3) is 0 Å². The monoisotopic (exact) mass is 432 g/mol. The average molecular weight is 433 g/mol. The molecule has 2 N–H and O–H groups in total. The zero-order valence-corrected chi connectivity index (χ0v) is 17.5. The van der Waals surface area contributed by atoms with Gasteiger partial charge in [-0.1, -0.05) is 0 Å². The van der Waals surface area contributed by atoms with Crippen LogP contribution >= 0.6 is 23.2 Å². The first-order chi connectivity index (χ1) is 13.2. The van der Waals surface area contributed by atoms with Crippen LogP contribution in [0, 0.1) is 37.5 Å². The highest BCUT2D eigenvalue weighted by Crippen LogP contribution is 2.34. The molecule has 0 saturated carbocycles. The Hall–Kier alpha value is -2.46. The molecule has 0 bridgehead atoms. The maximum absolute atomic E-state index is 12.2. The van der Waals surface area contributed by atoms with E-state index in [1.807, 2.05) is 0 Å². The summed E-state index contributed by atoms with van der Waals surface area (Å²) in [6.45, 7) is 6.94. The minimum Gasteiger partial charge on any atom is -0.306 e. The van der Waals surface area contributed by atoms with Crippen LogP contribution in [0.15, 0.2) is 10.6 Å². The van der Waals surface area contributed by atoms with Crippen LogP contribution in [0.3, 0.4) is 0 Å². The molecule has 10 nitrogen and oxygen atoms in total. The minimum atomic E-state index is -0.712. The maximum atomic E-state index is 12.2. The number of carbonyl (C=O) groups is 2. The van der Waals surface area contributed by atoms with E-state index in [4.69, 9.17) is 23.2 Å². The predicted molar refractivity (Wildman–Crippen MR) is 110 cm³/mol. The third-order valence-electron chi connectivity index (χ3n) is 4.35. The second-order valence-corrected chi connectivity index (χ2v) is 6.65. The zero-order valence-electron chi connectivity index (χ0n) is 16.0. The lowest BCUT2D eigenvalue weighted by atomic mass is 9.96. The smallest absolute Gasteiger partial charge is 0.306 e. The molecular formula is C16H22Cl2N6O4. The SMILES string of the molecule is Cc1c(C)c(NC(=O)N(CCCl)N=O)c(C)c(C)c1NC(=O)N(CCCl)N=O. The molecule has 0 aliphatic rings. The number of amides is 4. The largest absolute Gasteiger partial charge is 0.344 e. The molecule has 0 heterocycles. The van der Waals surface area contributed by atoms with Gasteiger partial charge in [-0.05, 0) is 49.9 Å². The molecule has 1 aromatic carbocycles. The fourth-order valence-corrected chi connectivity index (χ4v) is 2.87. The van der Waals surface area contributed by atoms with Crippen molar-refractivity contribution in [1.29, 1.82) is 0 Å². The first-order valence-corrected chi connectivity index (χ1v) is 9.36. The number of nitrogens with one attached hydrogen (secondary N) is 2. The number of anilines is 2. The summed E-state index contributed by atoms with van der Waals surface area (Å²) >= 11 is 11.1. The van der Waals surface area contributed by atoms with E-state index in [0.29, 0.717) is 43.6 Å². The molecule has 1 rings (SSSR count). The summed E-state index contributed by atoms with van der Waals surface area (Å²) in [6.07, 6.45) is 0. The fraction of sp³-hybridized carbons (Fsp3) is 0.500. The third kappa shape index (κ3) is 5.29. The third-order valence-corrected chi connectivity index (χ3v) is 4.69. The fourth-order valence-electron chi connectivity index (χ4n) is 2.55.